The van der Waals surface area contributed by atoms with Gasteiger partial charge in [-0.3, -0.25) is 10.1 Å². The molecule has 4 rings (SSSR count). The maximum atomic E-state index is 13.0. The molecule has 0 saturated heterocycles. The predicted octanol–water partition coefficient (Wildman–Crippen LogP) is 3.78. The fraction of sp³-hybridized carbons (Fsp3) is 0.565. The van der Waals surface area contributed by atoms with Crippen LogP contribution in [-0.2, 0) is 16.0 Å². The van der Waals surface area contributed by atoms with E-state index in [1.807, 2.05) is 6.92 Å². The second kappa shape index (κ2) is 9.73. The molecule has 0 aromatic carbocycles. The molecule has 2 heterocycles. The molecule has 11 heteroatoms. The minimum absolute atomic E-state index is 0.0695. The van der Waals surface area contributed by atoms with Crippen LogP contribution in [0.3, 0.4) is 0 Å². The van der Waals surface area contributed by atoms with Crippen molar-refractivity contribution >= 4 is 44.9 Å². The number of amides is 2. The zero-order valence-electron chi connectivity index (χ0n) is 19.2. The molecule has 0 aliphatic heterocycles. The van der Waals surface area contributed by atoms with Crippen molar-refractivity contribution in [3.05, 3.63) is 34.8 Å². The zero-order chi connectivity index (χ0) is 24.5. The fourth-order valence-corrected chi connectivity index (χ4v) is 7.20. The lowest BCUT2D eigenvalue weighted by atomic mass is 9.47. The molecule has 2 amide bonds. The van der Waals surface area contributed by atoms with Crippen LogP contribution >= 0.6 is 22.7 Å². The highest BCUT2D eigenvalue weighted by Gasteiger charge is 2.59. The SMILES string of the molecule is C=CCOC(=O)Nc1nc2c(s1)CC1C(C)(CO)C(O)CCC1(C)C2CC(=O)Nc1nccs1. The molecular formula is C23H30N4O5S2. The molecule has 184 valence electrons. The lowest BCUT2D eigenvalue weighted by Gasteiger charge is -2.58. The van der Waals surface area contributed by atoms with Gasteiger partial charge in [-0.05, 0) is 30.6 Å². The number of carbonyl (C=O) groups excluding carboxylic acids is 2. The van der Waals surface area contributed by atoms with Crippen LogP contribution in [0.25, 0.3) is 0 Å². The number of aromatic nitrogens is 2. The van der Waals surface area contributed by atoms with Crippen LogP contribution in [-0.4, -0.2) is 51.5 Å². The van der Waals surface area contributed by atoms with E-state index in [1.54, 1.807) is 11.6 Å². The largest absolute Gasteiger partial charge is 0.445 e. The average Bonchev–Trinajstić information content (AvgIpc) is 3.46. The molecule has 1 fully saturated rings. The summed E-state index contributed by atoms with van der Waals surface area (Å²) in [6, 6.07) is 0. The number of anilines is 2. The molecule has 2 aliphatic carbocycles. The number of hydrogen-bond donors (Lipinski definition) is 4. The van der Waals surface area contributed by atoms with Gasteiger partial charge >= 0.3 is 6.09 Å². The lowest BCUT2D eigenvalue weighted by molar-refractivity contribution is -0.143. The average molecular weight is 507 g/mol. The van der Waals surface area contributed by atoms with Crippen molar-refractivity contribution in [1.29, 1.82) is 0 Å². The topological polar surface area (TPSA) is 134 Å². The number of aliphatic hydroxyl groups excluding tert-OH is 2. The molecular weight excluding hydrogens is 476 g/mol. The lowest BCUT2D eigenvalue weighted by Crippen LogP contribution is -2.57. The van der Waals surface area contributed by atoms with E-state index in [0.29, 0.717) is 29.5 Å². The highest BCUT2D eigenvalue weighted by atomic mass is 32.1. The molecule has 2 aromatic heterocycles. The van der Waals surface area contributed by atoms with E-state index in [0.717, 1.165) is 10.6 Å². The van der Waals surface area contributed by atoms with Gasteiger partial charge < -0.3 is 20.3 Å². The Morgan fingerprint density at radius 1 is 1.35 bits per heavy atom. The maximum absolute atomic E-state index is 13.0. The van der Waals surface area contributed by atoms with Crippen LogP contribution in [0.1, 0.15) is 49.6 Å². The van der Waals surface area contributed by atoms with Crippen LogP contribution in [0.4, 0.5) is 15.1 Å². The van der Waals surface area contributed by atoms with Crippen molar-refractivity contribution in [1.82, 2.24) is 9.97 Å². The highest BCUT2D eigenvalue weighted by Crippen LogP contribution is 2.62. The Balaban J connectivity index is 1.68. The third kappa shape index (κ3) is 4.49. The van der Waals surface area contributed by atoms with Crippen LogP contribution < -0.4 is 10.6 Å². The van der Waals surface area contributed by atoms with Gasteiger partial charge in [0, 0.05) is 34.2 Å². The second-order valence-electron chi connectivity index (χ2n) is 9.46. The van der Waals surface area contributed by atoms with E-state index >= 15 is 0 Å². The minimum Gasteiger partial charge on any atom is -0.445 e. The number of hydrogen-bond acceptors (Lipinski definition) is 9. The Kier molecular flexibility index (Phi) is 7.09. The van der Waals surface area contributed by atoms with E-state index in [1.165, 1.54) is 28.7 Å². The van der Waals surface area contributed by atoms with Crippen LogP contribution in [0, 0.1) is 16.7 Å². The number of thiazole rings is 2. The van der Waals surface area contributed by atoms with Gasteiger partial charge in [-0.15, -0.1) is 22.7 Å². The molecule has 4 N–H and O–H groups in total. The van der Waals surface area contributed by atoms with Gasteiger partial charge in [0.1, 0.15) is 6.61 Å². The first-order valence-electron chi connectivity index (χ1n) is 11.2. The summed E-state index contributed by atoms with van der Waals surface area (Å²) in [5, 5.41) is 29.4. The monoisotopic (exact) mass is 506 g/mol. The Morgan fingerprint density at radius 3 is 2.82 bits per heavy atom. The van der Waals surface area contributed by atoms with Gasteiger partial charge in [0.25, 0.3) is 0 Å². The van der Waals surface area contributed by atoms with E-state index in [4.69, 9.17) is 9.72 Å². The third-order valence-electron chi connectivity index (χ3n) is 7.50. The summed E-state index contributed by atoms with van der Waals surface area (Å²) in [5.41, 5.74) is -0.304. The number of rotatable bonds is 7. The van der Waals surface area contributed by atoms with E-state index in [2.05, 4.69) is 29.1 Å². The van der Waals surface area contributed by atoms with Gasteiger partial charge in [-0.1, -0.05) is 26.5 Å². The summed E-state index contributed by atoms with van der Waals surface area (Å²) < 4.78 is 5.02. The number of nitrogens with one attached hydrogen (secondary N) is 2. The number of carbonyl (C=O) groups is 2. The van der Waals surface area contributed by atoms with Crippen LogP contribution in [0.5, 0.6) is 0 Å². The van der Waals surface area contributed by atoms with Crippen LogP contribution in [0.15, 0.2) is 24.2 Å². The summed E-state index contributed by atoms with van der Waals surface area (Å²) in [4.78, 5) is 34.9. The van der Waals surface area contributed by atoms with E-state index < -0.39 is 17.6 Å². The standard InChI is InChI=1S/C23H30N4O5S2/c1-4-8-32-21(31)27-20-26-18-13(10-17(30)25-19-24-7-9-33-19)22(2)6-5-16(29)23(3,12-28)15(22)11-14(18)34-20/h4,7,9,13,15-16,28-29H,1,5-6,8,10-12H2,2-3H3,(H,24,25,30)(H,26,27,31). The Hall–Kier alpha value is -2.34. The Bertz CT molecular complexity index is 1060. The zero-order valence-corrected chi connectivity index (χ0v) is 20.9. The van der Waals surface area contributed by atoms with Crippen LogP contribution in [0.2, 0.25) is 0 Å². The normalized spacial score (nSPS) is 30.1. The number of aliphatic hydroxyl groups is 2. The van der Waals surface area contributed by atoms with E-state index in [9.17, 15) is 19.8 Å². The summed E-state index contributed by atoms with van der Waals surface area (Å²) in [6.07, 6.45) is 3.88. The Morgan fingerprint density at radius 2 is 2.15 bits per heavy atom. The molecule has 9 nitrogen and oxygen atoms in total. The summed E-state index contributed by atoms with van der Waals surface area (Å²) in [6.45, 7) is 7.52. The van der Waals surface area contributed by atoms with E-state index in [-0.39, 0.29) is 42.8 Å². The maximum Gasteiger partial charge on any atom is 0.413 e. The second-order valence-corrected chi connectivity index (χ2v) is 11.4. The summed E-state index contributed by atoms with van der Waals surface area (Å²) in [7, 11) is 0. The number of nitrogens with zero attached hydrogens (tertiary/aromatic N) is 2. The molecule has 1 saturated carbocycles. The molecule has 0 radical (unpaired) electrons. The first-order valence-corrected chi connectivity index (χ1v) is 12.9. The van der Waals surface area contributed by atoms with Gasteiger partial charge in [0.05, 0.1) is 18.4 Å². The predicted molar refractivity (Wildman–Crippen MR) is 131 cm³/mol. The van der Waals surface area contributed by atoms with Crippen molar-refractivity contribution < 1.29 is 24.5 Å². The van der Waals surface area contributed by atoms with Gasteiger partial charge in [0.15, 0.2) is 10.3 Å². The van der Waals surface area contributed by atoms with Crippen molar-refractivity contribution in [2.45, 2.75) is 51.6 Å². The molecule has 2 aromatic rings. The minimum atomic E-state index is -0.713. The van der Waals surface area contributed by atoms with Gasteiger partial charge in [-0.25, -0.2) is 14.8 Å². The summed E-state index contributed by atoms with van der Waals surface area (Å²) >= 11 is 2.70. The molecule has 34 heavy (non-hydrogen) atoms. The van der Waals surface area contributed by atoms with Crippen molar-refractivity contribution in [2.24, 2.45) is 16.7 Å². The highest BCUT2D eigenvalue weighted by molar-refractivity contribution is 7.16. The smallest absolute Gasteiger partial charge is 0.413 e. The van der Waals surface area contributed by atoms with Gasteiger partial charge in [-0.2, -0.15) is 0 Å². The van der Waals surface area contributed by atoms with Crippen molar-refractivity contribution in [3.63, 3.8) is 0 Å². The van der Waals surface area contributed by atoms with Crippen molar-refractivity contribution in [2.75, 3.05) is 23.8 Å². The first-order chi connectivity index (χ1) is 16.2. The summed E-state index contributed by atoms with van der Waals surface area (Å²) in [5.74, 6) is -0.493. The molecule has 5 atom stereocenters. The molecule has 0 spiro atoms. The van der Waals surface area contributed by atoms with Crippen molar-refractivity contribution in [3.8, 4) is 0 Å². The first kappa shape index (κ1) is 24.8. The Labute approximate surface area is 206 Å². The number of fused-ring (bicyclic) bond motifs is 2. The molecule has 0 bridgehead atoms. The fourth-order valence-electron chi connectivity index (χ4n) is 5.60. The third-order valence-corrected chi connectivity index (χ3v) is 9.20. The quantitative estimate of drug-likeness (QED) is 0.420. The van der Waals surface area contributed by atoms with Gasteiger partial charge in [0.2, 0.25) is 5.91 Å². The molecule has 2 aliphatic rings. The molecule has 5 unspecified atom stereocenters. The number of ether oxygens (including phenoxy) is 1.